The first-order valence-electron chi connectivity index (χ1n) is 10.3. The van der Waals surface area contributed by atoms with Crippen molar-refractivity contribution in [3.63, 3.8) is 0 Å². The Morgan fingerprint density at radius 3 is 1.24 bits per heavy atom. The van der Waals surface area contributed by atoms with Gasteiger partial charge >= 0.3 is 31.3 Å². The molecule has 2 rings (SSSR count). The molecule has 0 saturated heterocycles. The first kappa shape index (κ1) is 30.2. The summed E-state index contributed by atoms with van der Waals surface area (Å²) >= 11 is 0. The molecule has 0 N–H and O–H groups in total. The maximum Gasteiger partial charge on any atom is 0.534 e. The van der Waals surface area contributed by atoms with Crippen molar-refractivity contribution in [2.24, 2.45) is 0 Å². The van der Waals surface area contributed by atoms with Crippen LogP contribution in [0.2, 0.25) is 0 Å². The quantitative estimate of drug-likeness (QED) is 0.203. The Kier molecular flexibility index (Phi) is 8.50. The SMILES string of the molecule is CC=Cc1cccc(C(C)(C)c2cccc(C=CC)c2OS(=O)(=O)C(F)(F)F)c1OS(=O)(=O)C(F)(F)F. The van der Waals surface area contributed by atoms with Crippen LogP contribution in [0.15, 0.2) is 48.6 Å². The molecule has 204 valence electrons. The lowest BCUT2D eigenvalue weighted by atomic mass is 9.76. The standard InChI is InChI=1S/C23H22F6O6S2/c1-5-9-15-11-7-13-17(19(15)34-36(30,31)22(24,25)26)21(3,4)18-14-8-12-16(10-6-2)20(18)35-37(32,33)23(27,28)29/h5-14H,1-4H3. The average molecular weight is 573 g/mol. The summed E-state index contributed by atoms with van der Waals surface area (Å²) in [6, 6.07) is 7.67. The van der Waals surface area contributed by atoms with Crippen LogP contribution >= 0.6 is 0 Å². The zero-order valence-electron chi connectivity index (χ0n) is 19.8. The molecule has 0 atom stereocenters. The van der Waals surface area contributed by atoms with Crippen molar-refractivity contribution in [2.75, 3.05) is 0 Å². The van der Waals surface area contributed by atoms with Gasteiger partial charge in [-0.25, -0.2) is 0 Å². The molecule has 0 aliphatic heterocycles. The van der Waals surface area contributed by atoms with E-state index in [0.29, 0.717) is 0 Å². The lowest BCUT2D eigenvalue weighted by Gasteiger charge is -2.31. The van der Waals surface area contributed by atoms with E-state index in [4.69, 9.17) is 0 Å². The summed E-state index contributed by atoms with van der Waals surface area (Å²) in [6.45, 7) is 5.68. The molecule has 0 bridgehead atoms. The number of para-hydroxylation sites is 2. The number of hydrogen-bond donors (Lipinski definition) is 0. The molecule has 14 heteroatoms. The Bertz CT molecular complexity index is 1310. The minimum Gasteiger partial charge on any atom is -0.375 e. The topological polar surface area (TPSA) is 86.7 Å². The number of hydrogen-bond acceptors (Lipinski definition) is 6. The summed E-state index contributed by atoms with van der Waals surface area (Å²) < 4.78 is 135. The van der Waals surface area contributed by atoms with Crippen molar-refractivity contribution in [3.8, 4) is 11.5 Å². The lowest BCUT2D eigenvalue weighted by Crippen LogP contribution is -2.31. The van der Waals surface area contributed by atoms with Gasteiger partial charge in [-0.2, -0.15) is 43.2 Å². The molecular weight excluding hydrogens is 550 g/mol. The number of rotatable bonds is 8. The fourth-order valence-electron chi connectivity index (χ4n) is 3.36. The predicted octanol–water partition coefficient (Wildman–Crippen LogP) is 6.54. The average Bonchev–Trinajstić information content (AvgIpc) is 2.74. The molecule has 0 amide bonds. The van der Waals surface area contributed by atoms with Crippen LogP contribution in [0.25, 0.3) is 12.2 Å². The molecule has 0 saturated carbocycles. The van der Waals surface area contributed by atoms with E-state index in [1.807, 2.05) is 0 Å². The van der Waals surface area contributed by atoms with Gasteiger partial charge in [-0.05, 0) is 13.8 Å². The maximum absolute atomic E-state index is 13.2. The van der Waals surface area contributed by atoms with Crippen molar-refractivity contribution in [1.29, 1.82) is 0 Å². The van der Waals surface area contributed by atoms with Crippen molar-refractivity contribution >= 4 is 32.4 Å². The van der Waals surface area contributed by atoms with Gasteiger partial charge < -0.3 is 8.37 Å². The van der Waals surface area contributed by atoms with Gasteiger partial charge in [0.05, 0.1) is 0 Å². The summed E-state index contributed by atoms with van der Waals surface area (Å²) in [7, 11) is -12.3. The number of benzene rings is 2. The molecule has 0 heterocycles. The van der Waals surface area contributed by atoms with Crippen molar-refractivity contribution in [2.45, 2.75) is 44.1 Å². The molecule has 2 aromatic rings. The first-order valence-corrected chi connectivity index (χ1v) is 13.2. The van der Waals surface area contributed by atoms with Crippen LogP contribution in [0.3, 0.4) is 0 Å². The molecular formula is C23H22F6O6S2. The Hall–Kier alpha value is -3.00. The monoisotopic (exact) mass is 572 g/mol. The Balaban J connectivity index is 2.92. The van der Waals surface area contributed by atoms with Crippen molar-refractivity contribution in [3.05, 3.63) is 70.8 Å². The van der Waals surface area contributed by atoms with Crippen LogP contribution in [0.1, 0.15) is 49.9 Å². The second kappa shape index (κ2) is 10.4. The third kappa shape index (κ3) is 6.29. The third-order valence-corrected chi connectivity index (χ3v) is 6.99. The molecule has 0 aromatic heterocycles. The van der Waals surface area contributed by atoms with E-state index in [9.17, 15) is 43.2 Å². The molecule has 0 spiro atoms. The van der Waals surface area contributed by atoms with Gasteiger partial charge in [-0.3, -0.25) is 0 Å². The lowest BCUT2D eigenvalue weighted by molar-refractivity contribution is -0.0504. The second-order valence-corrected chi connectivity index (χ2v) is 11.1. The smallest absolute Gasteiger partial charge is 0.375 e. The van der Waals surface area contributed by atoms with Crippen LogP contribution in [0.4, 0.5) is 26.3 Å². The van der Waals surface area contributed by atoms with Crippen LogP contribution in [-0.4, -0.2) is 27.9 Å². The van der Waals surface area contributed by atoms with Crippen LogP contribution in [-0.2, 0) is 25.7 Å². The van der Waals surface area contributed by atoms with E-state index in [1.165, 1.54) is 88.4 Å². The second-order valence-electron chi connectivity index (χ2n) is 8.04. The molecule has 0 aliphatic carbocycles. The van der Waals surface area contributed by atoms with E-state index in [2.05, 4.69) is 8.37 Å². The van der Waals surface area contributed by atoms with Crippen LogP contribution in [0, 0.1) is 0 Å². The summed E-state index contributed by atoms with van der Waals surface area (Å²) in [5.41, 5.74) is -13.8. The van der Waals surface area contributed by atoms with Gasteiger partial charge in [0.2, 0.25) is 0 Å². The summed E-state index contributed by atoms with van der Waals surface area (Å²) in [5, 5.41) is 0. The van der Waals surface area contributed by atoms with E-state index < -0.39 is 48.2 Å². The number of allylic oxidation sites excluding steroid dienone is 2. The minimum atomic E-state index is -6.15. The Morgan fingerprint density at radius 1 is 0.649 bits per heavy atom. The normalized spacial score (nSPS) is 13.9. The Morgan fingerprint density at radius 2 is 0.973 bits per heavy atom. The third-order valence-electron chi connectivity index (χ3n) is 5.08. The summed E-state index contributed by atoms with van der Waals surface area (Å²) in [4.78, 5) is 0. The highest BCUT2D eigenvalue weighted by Gasteiger charge is 2.51. The molecule has 2 aromatic carbocycles. The molecule has 0 radical (unpaired) electrons. The molecule has 0 unspecified atom stereocenters. The van der Waals surface area contributed by atoms with E-state index >= 15 is 0 Å². The summed E-state index contributed by atoms with van der Waals surface area (Å²) in [6.07, 6.45) is 5.33. The van der Waals surface area contributed by atoms with Crippen LogP contribution in [0.5, 0.6) is 11.5 Å². The van der Waals surface area contributed by atoms with Gasteiger partial charge in [0, 0.05) is 27.7 Å². The Labute approximate surface area is 210 Å². The van der Waals surface area contributed by atoms with Crippen LogP contribution < -0.4 is 8.37 Å². The van der Waals surface area contributed by atoms with Gasteiger partial charge in [0.1, 0.15) is 0 Å². The minimum absolute atomic E-state index is 0.0871. The van der Waals surface area contributed by atoms with Crippen molar-refractivity contribution < 1.29 is 51.5 Å². The van der Waals surface area contributed by atoms with Gasteiger partial charge in [0.15, 0.2) is 11.5 Å². The van der Waals surface area contributed by atoms with Gasteiger partial charge in [0.25, 0.3) is 0 Å². The highest BCUT2D eigenvalue weighted by atomic mass is 32.2. The highest BCUT2D eigenvalue weighted by Crippen LogP contribution is 2.46. The van der Waals surface area contributed by atoms with E-state index in [-0.39, 0.29) is 22.3 Å². The van der Waals surface area contributed by atoms with Gasteiger partial charge in [-0.15, -0.1) is 0 Å². The first-order chi connectivity index (χ1) is 16.8. The fraction of sp³-hybridized carbons (Fsp3) is 0.304. The zero-order chi connectivity index (χ0) is 28.4. The maximum atomic E-state index is 13.2. The number of halogens is 6. The molecule has 37 heavy (non-hydrogen) atoms. The van der Waals surface area contributed by atoms with Crippen molar-refractivity contribution in [1.82, 2.24) is 0 Å². The molecule has 6 nitrogen and oxygen atoms in total. The van der Waals surface area contributed by atoms with E-state index in [1.54, 1.807) is 0 Å². The van der Waals surface area contributed by atoms with Gasteiger partial charge in [-0.1, -0.05) is 74.5 Å². The highest BCUT2D eigenvalue weighted by molar-refractivity contribution is 7.88. The fourth-order valence-corrected chi connectivity index (χ4v) is 4.36. The number of alkyl halides is 6. The predicted molar refractivity (Wildman–Crippen MR) is 126 cm³/mol. The van der Waals surface area contributed by atoms with E-state index in [0.717, 1.165) is 0 Å². The largest absolute Gasteiger partial charge is 0.534 e. The zero-order valence-corrected chi connectivity index (χ0v) is 21.4. The molecule has 0 aliphatic rings. The molecule has 0 fully saturated rings. The summed E-state index contributed by atoms with van der Waals surface area (Å²) in [5.74, 6) is -1.49.